The molecule has 0 radical (unpaired) electrons. The Morgan fingerprint density at radius 2 is 1.80 bits per heavy atom. The van der Waals surface area contributed by atoms with Gasteiger partial charge < -0.3 is 4.74 Å². The van der Waals surface area contributed by atoms with Crippen LogP contribution < -0.4 is 9.88 Å². The first kappa shape index (κ1) is 15.0. The highest BCUT2D eigenvalue weighted by molar-refractivity contribution is 9.10. The van der Waals surface area contributed by atoms with Crippen LogP contribution >= 0.6 is 15.9 Å². The zero-order valence-electron chi connectivity index (χ0n) is 10.2. The average molecular weight is 360 g/mol. The van der Waals surface area contributed by atoms with Gasteiger partial charge in [0.1, 0.15) is 18.2 Å². The normalized spacial score (nSPS) is 11.3. The molecule has 0 atom stereocenters. The molecule has 0 aromatic heterocycles. The molecule has 2 aromatic rings. The van der Waals surface area contributed by atoms with Crippen LogP contribution in [0.2, 0.25) is 0 Å². The number of ether oxygens (including phenoxy) is 1. The molecule has 20 heavy (non-hydrogen) atoms. The van der Waals surface area contributed by atoms with Crippen molar-refractivity contribution in [2.75, 3.05) is 0 Å². The summed E-state index contributed by atoms with van der Waals surface area (Å²) in [5, 5.41) is 4.99. The second kappa shape index (κ2) is 5.90. The molecule has 2 N–H and O–H groups in total. The highest BCUT2D eigenvalue weighted by Crippen LogP contribution is 2.22. The van der Waals surface area contributed by atoms with Gasteiger partial charge in [0.15, 0.2) is 0 Å². The third kappa shape index (κ3) is 3.56. The van der Waals surface area contributed by atoms with E-state index in [4.69, 9.17) is 9.88 Å². The van der Waals surface area contributed by atoms with Crippen LogP contribution in [-0.2, 0) is 16.6 Å². The maximum absolute atomic E-state index is 13.3. The van der Waals surface area contributed by atoms with Crippen molar-refractivity contribution in [1.29, 1.82) is 0 Å². The van der Waals surface area contributed by atoms with Crippen LogP contribution in [0.1, 0.15) is 5.56 Å². The fourth-order valence-corrected chi connectivity index (χ4v) is 2.44. The Balaban J connectivity index is 2.10. The molecule has 0 amide bonds. The van der Waals surface area contributed by atoms with Crippen molar-refractivity contribution < 1.29 is 17.5 Å². The van der Waals surface area contributed by atoms with Crippen molar-refractivity contribution in [3.8, 4) is 5.75 Å². The van der Waals surface area contributed by atoms with Gasteiger partial charge in [-0.25, -0.2) is 17.9 Å². The zero-order valence-corrected chi connectivity index (χ0v) is 12.6. The van der Waals surface area contributed by atoms with Crippen molar-refractivity contribution >= 4 is 26.0 Å². The second-order valence-electron chi connectivity index (χ2n) is 4.02. The van der Waals surface area contributed by atoms with E-state index in [1.54, 1.807) is 12.1 Å². The number of primary sulfonamides is 1. The average Bonchev–Trinajstić information content (AvgIpc) is 2.40. The third-order valence-electron chi connectivity index (χ3n) is 2.58. The Hall–Kier alpha value is -1.44. The summed E-state index contributed by atoms with van der Waals surface area (Å²) >= 11 is 3.14. The molecule has 0 bridgehead atoms. The molecule has 0 heterocycles. The number of hydrogen-bond donors (Lipinski definition) is 1. The minimum absolute atomic E-state index is 0.0109. The van der Waals surface area contributed by atoms with Gasteiger partial charge in [-0.2, -0.15) is 0 Å². The van der Waals surface area contributed by atoms with E-state index in [1.165, 1.54) is 30.3 Å². The molecule has 0 aliphatic heterocycles. The number of nitrogens with two attached hydrogens (primary N) is 1. The molecular formula is C13H11BrFNO3S. The van der Waals surface area contributed by atoms with E-state index in [9.17, 15) is 12.8 Å². The predicted molar refractivity (Wildman–Crippen MR) is 76.2 cm³/mol. The van der Waals surface area contributed by atoms with E-state index < -0.39 is 10.0 Å². The van der Waals surface area contributed by atoms with E-state index in [0.29, 0.717) is 15.8 Å². The standard InChI is InChI=1S/C13H11BrFNO3S/c14-13-9(2-1-3-12(13)15)8-19-10-4-6-11(7-5-10)20(16,17)18/h1-7H,8H2,(H2,16,17,18). The van der Waals surface area contributed by atoms with Crippen LogP contribution in [0.3, 0.4) is 0 Å². The molecule has 0 aliphatic carbocycles. The van der Waals surface area contributed by atoms with Gasteiger partial charge in [-0.1, -0.05) is 12.1 Å². The fraction of sp³-hybridized carbons (Fsp3) is 0.0769. The lowest BCUT2D eigenvalue weighted by Gasteiger charge is -2.08. The highest BCUT2D eigenvalue weighted by Gasteiger charge is 2.08. The summed E-state index contributed by atoms with van der Waals surface area (Å²) in [4.78, 5) is 0.0109. The van der Waals surface area contributed by atoms with Crippen molar-refractivity contribution in [2.45, 2.75) is 11.5 Å². The van der Waals surface area contributed by atoms with Gasteiger partial charge in [0, 0.05) is 5.56 Å². The van der Waals surface area contributed by atoms with Crippen molar-refractivity contribution in [2.24, 2.45) is 5.14 Å². The van der Waals surface area contributed by atoms with E-state index in [2.05, 4.69) is 15.9 Å². The summed E-state index contributed by atoms with van der Waals surface area (Å²) in [7, 11) is -3.71. The largest absolute Gasteiger partial charge is 0.489 e. The molecule has 2 rings (SSSR count). The monoisotopic (exact) mass is 359 g/mol. The SMILES string of the molecule is NS(=O)(=O)c1ccc(OCc2cccc(F)c2Br)cc1. The summed E-state index contributed by atoms with van der Waals surface area (Å²) in [6.45, 7) is 0.160. The Kier molecular flexibility index (Phi) is 4.42. The van der Waals surface area contributed by atoms with Gasteiger partial charge in [-0.3, -0.25) is 0 Å². The van der Waals surface area contributed by atoms with E-state index >= 15 is 0 Å². The van der Waals surface area contributed by atoms with Crippen molar-refractivity contribution in [3.05, 3.63) is 58.3 Å². The van der Waals surface area contributed by atoms with Gasteiger partial charge in [-0.05, 0) is 46.3 Å². The van der Waals surface area contributed by atoms with E-state index in [-0.39, 0.29) is 17.3 Å². The lowest BCUT2D eigenvalue weighted by atomic mass is 10.2. The summed E-state index contributed by atoms with van der Waals surface area (Å²) in [6, 6.07) is 10.3. The summed E-state index contributed by atoms with van der Waals surface area (Å²) in [6.07, 6.45) is 0. The van der Waals surface area contributed by atoms with Crippen LogP contribution in [0.25, 0.3) is 0 Å². The third-order valence-corrected chi connectivity index (χ3v) is 4.40. The van der Waals surface area contributed by atoms with Crippen LogP contribution in [0.4, 0.5) is 4.39 Å². The van der Waals surface area contributed by atoms with Crippen LogP contribution in [0.15, 0.2) is 51.8 Å². The molecule has 0 fully saturated rings. The minimum Gasteiger partial charge on any atom is -0.489 e. The van der Waals surface area contributed by atoms with Crippen molar-refractivity contribution in [3.63, 3.8) is 0 Å². The quantitative estimate of drug-likeness (QED) is 0.912. The van der Waals surface area contributed by atoms with Gasteiger partial charge in [0.05, 0.1) is 9.37 Å². The molecule has 0 saturated carbocycles. The smallest absolute Gasteiger partial charge is 0.238 e. The first-order valence-corrected chi connectivity index (χ1v) is 7.90. The first-order valence-electron chi connectivity index (χ1n) is 5.56. The molecule has 0 spiro atoms. The molecular weight excluding hydrogens is 349 g/mol. The summed E-state index contributed by atoms with van der Waals surface area (Å²) < 4.78 is 41.3. The predicted octanol–water partition coefficient (Wildman–Crippen LogP) is 2.81. The van der Waals surface area contributed by atoms with Crippen LogP contribution in [-0.4, -0.2) is 8.42 Å². The Morgan fingerprint density at radius 1 is 1.15 bits per heavy atom. The van der Waals surface area contributed by atoms with Gasteiger partial charge in [-0.15, -0.1) is 0 Å². The fourth-order valence-electron chi connectivity index (χ4n) is 1.55. The molecule has 0 saturated heterocycles. The van der Waals surface area contributed by atoms with Gasteiger partial charge in [0.25, 0.3) is 0 Å². The van der Waals surface area contributed by atoms with E-state index in [1.807, 2.05) is 0 Å². The molecule has 4 nitrogen and oxygen atoms in total. The molecule has 0 unspecified atom stereocenters. The van der Waals surface area contributed by atoms with Gasteiger partial charge >= 0.3 is 0 Å². The first-order chi connectivity index (χ1) is 9.38. The topological polar surface area (TPSA) is 69.4 Å². The summed E-state index contributed by atoms with van der Waals surface area (Å²) in [5.74, 6) is 0.101. The number of hydrogen-bond acceptors (Lipinski definition) is 3. The van der Waals surface area contributed by atoms with Crippen LogP contribution in [0, 0.1) is 5.82 Å². The molecule has 106 valence electrons. The molecule has 7 heteroatoms. The molecule has 2 aromatic carbocycles. The Bertz CT molecular complexity index is 717. The van der Waals surface area contributed by atoms with Crippen LogP contribution in [0.5, 0.6) is 5.75 Å². The van der Waals surface area contributed by atoms with Crippen molar-refractivity contribution in [1.82, 2.24) is 0 Å². The minimum atomic E-state index is -3.71. The lowest BCUT2D eigenvalue weighted by molar-refractivity contribution is 0.304. The molecule has 0 aliphatic rings. The number of rotatable bonds is 4. The lowest BCUT2D eigenvalue weighted by Crippen LogP contribution is -2.11. The summed E-state index contributed by atoms with van der Waals surface area (Å²) in [5.41, 5.74) is 0.653. The maximum Gasteiger partial charge on any atom is 0.238 e. The highest BCUT2D eigenvalue weighted by atomic mass is 79.9. The number of sulfonamides is 1. The Morgan fingerprint density at radius 3 is 2.40 bits per heavy atom. The second-order valence-corrected chi connectivity index (χ2v) is 6.37. The zero-order chi connectivity index (χ0) is 14.8. The maximum atomic E-state index is 13.3. The van der Waals surface area contributed by atoms with Gasteiger partial charge in [0.2, 0.25) is 10.0 Å². The number of halogens is 2. The van der Waals surface area contributed by atoms with E-state index in [0.717, 1.165) is 0 Å². The Labute approximate surface area is 124 Å². The number of benzene rings is 2.